The van der Waals surface area contributed by atoms with Crippen LogP contribution in [0, 0.1) is 0 Å². The first-order chi connectivity index (χ1) is 4.43. The Bertz CT molecular complexity index is 163. The van der Waals surface area contributed by atoms with Crippen LogP contribution < -0.4 is 0 Å². The molecule has 0 spiro atoms. The predicted molar refractivity (Wildman–Crippen MR) is 37.0 cm³/mol. The lowest BCUT2D eigenvalue weighted by Gasteiger charge is -1.86. The summed E-state index contributed by atoms with van der Waals surface area (Å²) in [6.45, 7) is -0.360. The molecule has 0 atom stereocenters. The summed E-state index contributed by atoms with van der Waals surface area (Å²) in [5.74, 6) is 0. The molecule has 0 aromatic carbocycles. The maximum Gasteiger partial charge on any atom is 0.115 e. The van der Waals surface area contributed by atoms with E-state index in [0.717, 1.165) is 12.0 Å². The quantitative estimate of drug-likeness (QED) is 0.503. The number of hydrogen-bond acceptors (Lipinski definition) is 0. The van der Waals surface area contributed by atoms with E-state index >= 15 is 0 Å². The lowest BCUT2D eigenvalue weighted by atomic mass is 10.2. The summed E-state index contributed by atoms with van der Waals surface area (Å²) in [4.78, 5) is 0. The number of rotatable bonds is 1. The van der Waals surface area contributed by atoms with Gasteiger partial charge in [0.2, 0.25) is 0 Å². The van der Waals surface area contributed by atoms with Crippen molar-refractivity contribution in [3.05, 3.63) is 36.0 Å². The molecule has 1 rings (SSSR count). The van der Waals surface area contributed by atoms with Crippen molar-refractivity contribution in [1.82, 2.24) is 0 Å². The van der Waals surface area contributed by atoms with Gasteiger partial charge in [0, 0.05) is 0 Å². The molecule has 9 heavy (non-hydrogen) atoms. The van der Waals surface area contributed by atoms with Crippen molar-refractivity contribution in [1.29, 1.82) is 0 Å². The van der Waals surface area contributed by atoms with Crippen LogP contribution in [0.25, 0.3) is 0 Å². The molecule has 0 unspecified atom stereocenters. The molecule has 0 saturated heterocycles. The van der Waals surface area contributed by atoms with Gasteiger partial charge < -0.3 is 0 Å². The molecule has 0 fully saturated rings. The van der Waals surface area contributed by atoms with Crippen molar-refractivity contribution in [3.8, 4) is 0 Å². The first-order valence-electron chi connectivity index (χ1n) is 3.01. The molecule has 0 bridgehead atoms. The Labute approximate surface area is 54.4 Å². The highest BCUT2D eigenvalue weighted by Crippen LogP contribution is 2.03. The normalized spacial score (nSPS) is 17.2. The lowest BCUT2D eigenvalue weighted by Crippen LogP contribution is -1.76. The van der Waals surface area contributed by atoms with Crippen molar-refractivity contribution in [2.24, 2.45) is 0 Å². The average Bonchev–Trinajstić information content (AvgIpc) is 2.13. The molecule has 1 aliphatic rings. The van der Waals surface area contributed by atoms with E-state index in [2.05, 4.69) is 0 Å². The molecule has 0 saturated carbocycles. The molecule has 0 aromatic heterocycles. The zero-order valence-electron chi connectivity index (χ0n) is 5.18. The SMILES string of the molecule is FCC1=CC=CCC=C1. The molecular formula is C8H9F. The topological polar surface area (TPSA) is 0 Å². The highest BCUT2D eigenvalue weighted by atomic mass is 19.1. The fraction of sp³-hybridized carbons (Fsp3) is 0.250. The van der Waals surface area contributed by atoms with E-state index in [-0.39, 0.29) is 6.67 Å². The van der Waals surface area contributed by atoms with Gasteiger partial charge in [-0.15, -0.1) is 0 Å². The number of allylic oxidation sites excluding steroid dienone is 6. The van der Waals surface area contributed by atoms with Crippen LogP contribution >= 0.6 is 0 Å². The van der Waals surface area contributed by atoms with Gasteiger partial charge in [-0.3, -0.25) is 0 Å². The van der Waals surface area contributed by atoms with Crippen LogP contribution in [-0.2, 0) is 0 Å². The summed E-state index contributed by atoms with van der Waals surface area (Å²) in [5.41, 5.74) is 0.753. The Morgan fingerprint density at radius 1 is 1.44 bits per heavy atom. The van der Waals surface area contributed by atoms with Crippen LogP contribution in [0.3, 0.4) is 0 Å². The van der Waals surface area contributed by atoms with Crippen LogP contribution in [0.5, 0.6) is 0 Å². The molecule has 0 aromatic rings. The standard InChI is InChI=1S/C8H9F/c9-7-8-5-3-1-2-4-6-8/h1,3-6H,2,7H2. The highest BCUT2D eigenvalue weighted by Gasteiger charge is 1.88. The Kier molecular flexibility index (Phi) is 2.25. The molecule has 1 heteroatoms. The minimum absolute atomic E-state index is 0.360. The first-order valence-corrected chi connectivity index (χ1v) is 3.01. The third kappa shape index (κ3) is 1.84. The van der Waals surface area contributed by atoms with E-state index < -0.39 is 0 Å². The van der Waals surface area contributed by atoms with E-state index in [0.29, 0.717) is 0 Å². The Hall–Kier alpha value is -0.850. The largest absolute Gasteiger partial charge is 0.246 e. The van der Waals surface area contributed by atoms with Gasteiger partial charge in [-0.1, -0.05) is 30.4 Å². The summed E-state index contributed by atoms with van der Waals surface area (Å²) in [7, 11) is 0. The van der Waals surface area contributed by atoms with E-state index in [4.69, 9.17) is 0 Å². The van der Waals surface area contributed by atoms with Crippen molar-refractivity contribution in [2.75, 3.05) is 6.67 Å². The summed E-state index contributed by atoms with van der Waals surface area (Å²) in [5, 5.41) is 0. The molecule has 0 heterocycles. The second kappa shape index (κ2) is 3.23. The molecule has 48 valence electrons. The molecular weight excluding hydrogens is 115 g/mol. The van der Waals surface area contributed by atoms with Gasteiger partial charge in [-0.05, 0) is 12.0 Å². The fourth-order valence-electron chi connectivity index (χ4n) is 0.713. The monoisotopic (exact) mass is 124 g/mol. The Morgan fingerprint density at radius 3 is 3.11 bits per heavy atom. The second-order valence-corrected chi connectivity index (χ2v) is 1.94. The average molecular weight is 124 g/mol. The van der Waals surface area contributed by atoms with Gasteiger partial charge in [0.1, 0.15) is 6.67 Å². The first kappa shape index (κ1) is 6.27. The maximum absolute atomic E-state index is 11.9. The van der Waals surface area contributed by atoms with Gasteiger partial charge in [-0.25, -0.2) is 4.39 Å². The van der Waals surface area contributed by atoms with Crippen LogP contribution in [-0.4, -0.2) is 6.67 Å². The molecule has 0 radical (unpaired) electrons. The van der Waals surface area contributed by atoms with Crippen LogP contribution in [0.4, 0.5) is 4.39 Å². The Morgan fingerprint density at radius 2 is 2.33 bits per heavy atom. The summed E-state index contributed by atoms with van der Waals surface area (Å²) in [6.07, 6.45) is 10.4. The van der Waals surface area contributed by atoms with E-state index in [9.17, 15) is 4.39 Å². The Balaban J connectivity index is 2.67. The number of hydrogen-bond donors (Lipinski definition) is 0. The van der Waals surface area contributed by atoms with Crippen LogP contribution in [0.1, 0.15) is 6.42 Å². The summed E-state index contributed by atoms with van der Waals surface area (Å²) < 4.78 is 11.9. The molecule has 0 N–H and O–H groups in total. The predicted octanol–water partition coefficient (Wildman–Crippen LogP) is 2.40. The molecule has 1 aliphatic carbocycles. The number of halogens is 1. The van der Waals surface area contributed by atoms with Gasteiger partial charge >= 0.3 is 0 Å². The summed E-state index contributed by atoms with van der Waals surface area (Å²) in [6, 6.07) is 0. The van der Waals surface area contributed by atoms with Crippen molar-refractivity contribution >= 4 is 0 Å². The highest BCUT2D eigenvalue weighted by molar-refractivity contribution is 5.27. The van der Waals surface area contributed by atoms with Crippen molar-refractivity contribution < 1.29 is 4.39 Å². The zero-order chi connectivity index (χ0) is 6.53. The maximum atomic E-state index is 11.9. The lowest BCUT2D eigenvalue weighted by molar-refractivity contribution is 0.549. The van der Waals surface area contributed by atoms with E-state index in [1.807, 2.05) is 24.3 Å². The molecule has 0 aliphatic heterocycles. The van der Waals surface area contributed by atoms with E-state index in [1.54, 1.807) is 6.08 Å². The van der Waals surface area contributed by atoms with Crippen molar-refractivity contribution in [2.45, 2.75) is 6.42 Å². The molecule has 0 nitrogen and oxygen atoms in total. The van der Waals surface area contributed by atoms with Gasteiger partial charge in [0.05, 0.1) is 0 Å². The molecule has 0 amide bonds. The number of alkyl halides is 1. The minimum atomic E-state index is -0.360. The second-order valence-electron chi connectivity index (χ2n) is 1.94. The minimum Gasteiger partial charge on any atom is -0.246 e. The smallest absolute Gasteiger partial charge is 0.115 e. The third-order valence-corrected chi connectivity index (χ3v) is 1.20. The van der Waals surface area contributed by atoms with Gasteiger partial charge in [-0.2, -0.15) is 0 Å². The van der Waals surface area contributed by atoms with E-state index in [1.165, 1.54) is 0 Å². The third-order valence-electron chi connectivity index (χ3n) is 1.20. The summed E-state index contributed by atoms with van der Waals surface area (Å²) >= 11 is 0. The van der Waals surface area contributed by atoms with Gasteiger partial charge in [0.15, 0.2) is 0 Å². The van der Waals surface area contributed by atoms with Crippen molar-refractivity contribution in [3.63, 3.8) is 0 Å². The van der Waals surface area contributed by atoms with Crippen LogP contribution in [0.2, 0.25) is 0 Å². The van der Waals surface area contributed by atoms with Gasteiger partial charge in [0.25, 0.3) is 0 Å². The zero-order valence-corrected chi connectivity index (χ0v) is 5.18. The van der Waals surface area contributed by atoms with Crippen LogP contribution in [0.15, 0.2) is 36.0 Å². The fourth-order valence-corrected chi connectivity index (χ4v) is 0.713.